The Morgan fingerprint density at radius 3 is 2.72 bits per heavy atom. The molecular formula is C19H18N6O3S. The lowest BCUT2D eigenvalue weighted by Gasteiger charge is -2.16. The summed E-state index contributed by atoms with van der Waals surface area (Å²) in [6.07, 6.45) is 3.25. The molecule has 0 saturated carbocycles. The number of aryl methyl sites for hydroxylation is 1. The van der Waals surface area contributed by atoms with Crippen LogP contribution in [-0.2, 0) is 9.59 Å². The van der Waals surface area contributed by atoms with Gasteiger partial charge in [0.15, 0.2) is 6.61 Å². The van der Waals surface area contributed by atoms with Crippen molar-refractivity contribution in [2.75, 3.05) is 17.7 Å². The monoisotopic (exact) mass is 410 g/mol. The van der Waals surface area contributed by atoms with Gasteiger partial charge in [-0.25, -0.2) is 9.97 Å². The fourth-order valence-corrected chi connectivity index (χ4v) is 4.27. The Balaban J connectivity index is 1.73. The molecule has 1 aliphatic rings. The van der Waals surface area contributed by atoms with Crippen LogP contribution in [0.1, 0.15) is 22.1 Å². The van der Waals surface area contributed by atoms with Crippen LogP contribution in [0.3, 0.4) is 0 Å². The summed E-state index contributed by atoms with van der Waals surface area (Å²) < 4.78 is 6.89. The summed E-state index contributed by atoms with van der Waals surface area (Å²) in [5.74, 6) is 1.16. The van der Waals surface area contributed by atoms with E-state index in [2.05, 4.69) is 20.4 Å². The number of nitrogens with zero attached hydrogens (tertiary/aromatic N) is 4. The molecule has 1 atom stereocenters. The molecule has 4 rings (SSSR count). The Morgan fingerprint density at radius 2 is 2.03 bits per heavy atom. The number of aromatic nitrogens is 4. The first-order valence-electron chi connectivity index (χ1n) is 8.82. The Labute approximate surface area is 170 Å². The van der Waals surface area contributed by atoms with Crippen LogP contribution >= 0.6 is 11.8 Å². The maximum atomic E-state index is 12.3. The normalized spacial score (nSPS) is 15.9. The Kier molecular flexibility index (Phi) is 5.17. The number of amides is 2. The van der Waals surface area contributed by atoms with Gasteiger partial charge in [0, 0.05) is 18.0 Å². The number of anilines is 1. The number of carbonyl (C=O) groups is 2. The SMILES string of the molecule is Cc1nn(-c2ncccn2)c2c1[C@H](c1ccc(OCC(N)=O)cc1)SCC(=O)N2. The molecule has 0 aliphatic carbocycles. The third-order valence-electron chi connectivity index (χ3n) is 4.31. The molecule has 3 heterocycles. The highest BCUT2D eigenvalue weighted by Crippen LogP contribution is 2.43. The molecule has 0 bridgehead atoms. The quantitative estimate of drug-likeness (QED) is 0.654. The molecule has 2 aromatic heterocycles. The highest BCUT2D eigenvalue weighted by atomic mass is 32.2. The van der Waals surface area contributed by atoms with Gasteiger partial charge >= 0.3 is 0 Å². The van der Waals surface area contributed by atoms with Crippen LogP contribution in [0.5, 0.6) is 5.75 Å². The molecule has 3 aromatic rings. The highest BCUT2D eigenvalue weighted by Gasteiger charge is 2.31. The van der Waals surface area contributed by atoms with Crippen molar-refractivity contribution < 1.29 is 14.3 Å². The van der Waals surface area contributed by atoms with Gasteiger partial charge in [-0.2, -0.15) is 9.78 Å². The number of nitrogens with two attached hydrogens (primary N) is 1. The Morgan fingerprint density at radius 1 is 1.31 bits per heavy atom. The van der Waals surface area contributed by atoms with Crippen molar-refractivity contribution in [2.45, 2.75) is 12.2 Å². The molecule has 1 aliphatic heterocycles. The van der Waals surface area contributed by atoms with Crippen molar-refractivity contribution in [3.05, 3.63) is 59.5 Å². The van der Waals surface area contributed by atoms with E-state index in [1.165, 1.54) is 11.8 Å². The number of hydrogen-bond donors (Lipinski definition) is 2. The number of hydrogen-bond acceptors (Lipinski definition) is 7. The number of carbonyl (C=O) groups excluding carboxylic acids is 2. The zero-order valence-corrected chi connectivity index (χ0v) is 16.3. The van der Waals surface area contributed by atoms with Crippen molar-refractivity contribution in [1.82, 2.24) is 19.7 Å². The standard InChI is InChI=1S/C19H18N6O3S/c1-11-16-17(12-3-5-13(6-4-12)28-9-14(20)26)29-10-15(27)23-18(16)25(24-11)19-21-7-2-8-22-19/h2-8,17H,9-10H2,1H3,(H2,20,26)(H,23,27)/t17-/m0/s1. The zero-order chi connectivity index (χ0) is 20.4. The van der Waals surface area contributed by atoms with Gasteiger partial charge < -0.3 is 15.8 Å². The van der Waals surface area contributed by atoms with E-state index in [9.17, 15) is 9.59 Å². The van der Waals surface area contributed by atoms with Crippen LogP contribution < -0.4 is 15.8 Å². The molecule has 0 radical (unpaired) electrons. The van der Waals surface area contributed by atoms with Gasteiger partial charge in [-0.1, -0.05) is 12.1 Å². The van der Waals surface area contributed by atoms with E-state index in [1.54, 1.807) is 35.3 Å². The van der Waals surface area contributed by atoms with Gasteiger partial charge in [-0.3, -0.25) is 9.59 Å². The summed E-state index contributed by atoms with van der Waals surface area (Å²) in [5.41, 5.74) is 7.77. The molecule has 3 N–H and O–H groups in total. The van der Waals surface area contributed by atoms with Gasteiger partial charge in [-0.05, 0) is 30.7 Å². The second kappa shape index (κ2) is 7.92. The summed E-state index contributed by atoms with van der Waals surface area (Å²) in [5, 5.41) is 7.39. The lowest BCUT2D eigenvalue weighted by atomic mass is 10.0. The van der Waals surface area contributed by atoms with E-state index in [-0.39, 0.29) is 17.8 Å². The molecule has 1 aromatic carbocycles. The first-order chi connectivity index (χ1) is 14.0. The molecule has 2 amide bonds. The lowest BCUT2D eigenvalue weighted by molar-refractivity contribution is -0.120. The Bertz CT molecular complexity index is 1050. The predicted octanol–water partition coefficient (Wildman–Crippen LogP) is 1.61. The number of thioether (sulfide) groups is 1. The molecule has 0 fully saturated rings. The number of rotatable bonds is 5. The van der Waals surface area contributed by atoms with Gasteiger partial charge in [-0.15, -0.1) is 11.8 Å². The molecule has 29 heavy (non-hydrogen) atoms. The summed E-state index contributed by atoms with van der Waals surface area (Å²) in [7, 11) is 0. The summed E-state index contributed by atoms with van der Waals surface area (Å²) >= 11 is 1.51. The van der Waals surface area contributed by atoms with Crippen LogP contribution in [0, 0.1) is 6.92 Å². The fraction of sp³-hybridized carbons (Fsp3) is 0.211. The number of benzene rings is 1. The average molecular weight is 410 g/mol. The average Bonchev–Trinajstić information content (AvgIpc) is 2.93. The van der Waals surface area contributed by atoms with E-state index >= 15 is 0 Å². The number of fused-ring (bicyclic) bond motifs is 1. The van der Waals surface area contributed by atoms with Gasteiger partial charge in [0.1, 0.15) is 11.6 Å². The summed E-state index contributed by atoms with van der Waals surface area (Å²) in [4.78, 5) is 31.7. The lowest BCUT2D eigenvalue weighted by Crippen LogP contribution is -2.19. The predicted molar refractivity (Wildman–Crippen MR) is 108 cm³/mol. The van der Waals surface area contributed by atoms with Crippen LogP contribution in [0.2, 0.25) is 0 Å². The van der Waals surface area contributed by atoms with Crippen molar-refractivity contribution in [2.24, 2.45) is 5.73 Å². The molecule has 10 heteroatoms. The van der Waals surface area contributed by atoms with Gasteiger partial charge in [0.25, 0.3) is 11.9 Å². The molecule has 0 unspecified atom stereocenters. The third-order valence-corrected chi connectivity index (χ3v) is 5.58. The van der Waals surface area contributed by atoms with Crippen molar-refractivity contribution in [3.8, 4) is 11.7 Å². The minimum atomic E-state index is -0.534. The van der Waals surface area contributed by atoms with E-state index in [4.69, 9.17) is 10.5 Å². The van der Waals surface area contributed by atoms with Gasteiger partial charge in [0.05, 0.1) is 16.7 Å². The second-order valence-electron chi connectivity index (χ2n) is 6.37. The molecular weight excluding hydrogens is 392 g/mol. The van der Waals surface area contributed by atoms with Crippen LogP contribution in [0.25, 0.3) is 5.95 Å². The van der Waals surface area contributed by atoms with Crippen molar-refractivity contribution >= 4 is 29.4 Å². The molecule has 0 spiro atoms. The molecule has 148 valence electrons. The van der Waals surface area contributed by atoms with Crippen LogP contribution in [0.4, 0.5) is 5.82 Å². The Hall–Kier alpha value is -3.40. The topological polar surface area (TPSA) is 125 Å². The smallest absolute Gasteiger partial charge is 0.255 e. The first-order valence-corrected chi connectivity index (χ1v) is 9.87. The maximum absolute atomic E-state index is 12.3. The van der Waals surface area contributed by atoms with Gasteiger partial charge in [0.2, 0.25) is 5.91 Å². The first kappa shape index (κ1) is 18.9. The fourth-order valence-electron chi connectivity index (χ4n) is 3.09. The van der Waals surface area contributed by atoms with Crippen LogP contribution in [0.15, 0.2) is 42.7 Å². The third kappa shape index (κ3) is 3.92. The van der Waals surface area contributed by atoms with Crippen LogP contribution in [-0.4, -0.2) is 43.9 Å². The molecule has 0 saturated heterocycles. The maximum Gasteiger partial charge on any atom is 0.255 e. The van der Waals surface area contributed by atoms with Crippen molar-refractivity contribution in [3.63, 3.8) is 0 Å². The second-order valence-corrected chi connectivity index (χ2v) is 7.46. The van der Waals surface area contributed by atoms with E-state index in [0.29, 0.717) is 23.3 Å². The highest BCUT2D eigenvalue weighted by molar-refractivity contribution is 8.00. The summed E-state index contributed by atoms with van der Waals surface area (Å²) in [6.45, 7) is 1.72. The van der Waals surface area contributed by atoms with Crippen molar-refractivity contribution in [1.29, 1.82) is 0 Å². The largest absolute Gasteiger partial charge is 0.484 e. The van der Waals surface area contributed by atoms with E-state index in [1.807, 2.05) is 19.1 Å². The van der Waals surface area contributed by atoms with E-state index < -0.39 is 5.91 Å². The summed E-state index contributed by atoms with van der Waals surface area (Å²) in [6, 6.07) is 9.09. The minimum Gasteiger partial charge on any atom is -0.484 e. The van der Waals surface area contributed by atoms with E-state index in [0.717, 1.165) is 16.8 Å². The number of primary amides is 1. The minimum absolute atomic E-state index is 0.114. The molecule has 9 nitrogen and oxygen atoms in total. The zero-order valence-electron chi connectivity index (χ0n) is 15.5. The number of ether oxygens (including phenoxy) is 1. The number of nitrogens with one attached hydrogen (secondary N) is 1.